The second kappa shape index (κ2) is 10.6. The van der Waals surface area contributed by atoms with Gasteiger partial charge in [0.2, 0.25) is 5.91 Å². The second-order valence-corrected chi connectivity index (χ2v) is 9.33. The molecule has 0 spiro atoms. The Morgan fingerprint density at radius 3 is 2.49 bits per heavy atom. The molecule has 1 saturated heterocycles. The van der Waals surface area contributed by atoms with Gasteiger partial charge in [0.25, 0.3) is 0 Å². The third-order valence-electron chi connectivity index (χ3n) is 6.07. The summed E-state index contributed by atoms with van der Waals surface area (Å²) in [7, 11) is 0. The lowest BCUT2D eigenvalue weighted by Crippen LogP contribution is -2.48. The van der Waals surface area contributed by atoms with Gasteiger partial charge >= 0.3 is 0 Å². The van der Waals surface area contributed by atoms with Crippen LogP contribution in [-0.4, -0.2) is 41.5 Å². The minimum Gasteiger partial charge on any atom is -0.494 e. The Balaban J connectivity index is 1.70. The molecule has 2 unspecified atom stereocenters. The van der Waals surface area contributed by atoms with Gasteiger partial charge in [-0.2, -0.15) is 5.26 Å². The fourth-order valence-electron chi connectivity index (χ4n) is 4.45. The Labute approximate surface area is 210 Å². The maximum atomic E-state index is 13.4. The molecule has 1 N–H and O–H groups in total. The Hall–Kier alpha value is -3.15. The first-order valence-electron chi connectivity index (χ1n) is 11.9. The number of carbonyl (C=O) groups is 1. The van der Waals surface area contributed by atoms with E-state index in [4.69, 9.17) is 14.2 Å². The molecule has 1 amide bonds. The SMILES string of the molecule is CCCOc1ccc(C2CC(=O)N3C(=C2C#N)SCC3(O)c2ccc(OCC)cc2)cc1OCC. The largest absolute Gasteiger partial charge is 0.494 e. The van der Waals surface area contributed by atoms with Crippen LogP contribution in [0, 0.1) is 11.3 Å². The molecule has 7 nitrogen and oxygen atoms in total. The standard InChI is InChI=1S/C27H30N2O5S/c1-4-13-34-23-12-7-18(14-24(23)33-6-3)21-15-25(30)29-26(22(21)16-28)35-17-27(29,31)19-8-10-20(11-9-19)32-5-2/h7-12,14,21,31H,4-6,13,15,17H2,1-3H3. The predicted octanol–water partition coefficient (Wildman–Crippen LogP) is 4.92. The fraction of sp³-hybridized carbons (Fsp3) is 0.407. The summed E-state index contributed by atoms with van der Waals surface area (Å²) in [6.07, 6.45) is 0.951. The maximum absolute atomic E-state index is 13.4. The van der Waals surface area contributed by atoms with Crippen molar-refractivity contribution in [3.8, 4) is 23.3 Å². The van der Waals surface area contributed by atoms with Gasteiger partial charge in [-0.1, -0.05) is 25.1 Å². The van der Waals surface area contributed by atoms with Crippen molar-refractivity contribution in [2.75, 3.05) is 25.6 Å². The Kier molecular flexibility index (Phi) is 7.58. The van der Waals surface area contributed by atoms with Crippen LogP contribution >= 0.6 is 11.8 Å². The average molecular weight is 495 g/mol. The molecule has 2 aliphatic rings. The van der Waals surface area contributed by atoms with Crippen molar-refractivity contribution in [3.05, 3.63) is 64.2 Å². The molecule has 2 aromatic carbocycles. The minimum absolute atomic E-state index is 0.0764. The molecule has 1 fully saturated rings. The molecule has 0 saturated carbocycles. The molecule has 0 bridgehead atoms. The number of fused-ring (bicyclic) bond motifs is 1. The van der Waals surface area contributed by atoms with E-state index in [9.17, 15) is 15.2 Å². The van der Waals surface area contributed by atoms with E-state index in [-0.39, 0.29) is 18.1 Å². The quantitative estimate of drug-likeness (QED) is 0.529. The molecule has 2 atom stereocenters. The lowest BCUT2D eigenvalue weighted by Gasteiger charge is -2.38. The molecular weight excluding hydrogens is 464 g/mol. The summed E-state index contributed by atoms with van der Waals surface area (Å²) in [6, 6.07) is 15.0. The third-order valence-corrected chi connectivity index (χ3v) is 7.29. The number of amides is 1. The highest BCUT2D eigenvalue weighted by Gasteiger charge is 2.51. The van der Waals surface area contributed by atoms with E-state index in [1.807, 2.05) is 39.0 Å². The highest BCUT2D eigenvalue weighted by atomic mass is 32.2. The zero-order valence-corrected chi connectivity index (χ0v) is 21.1. The number of allylic oxidation sites excluding steroid dienone is 1. The summed E-state index contributed by atoms with van der Waals surface area (Å²) >= 11 is 1.33. The molecule has 35 heavy (non-hydrogen) atoms. The van der Waals surface area contributed by atoms with E-state index >= 15 is 0 Å². The number of ether oxygens (including phenoxy) is 3. The molecule has 8 heteroatoms. The first kappa shape index (κ1) is 25.0. The molecule has 184 valence electrons. The van der Waals surface area contributed by atoms with Crippen LogP contribution < -0.4 is 14.2 Å². The summed E-state index contributed by atoms with van der Waals surface area (Å²) in [5.74, 6) is 1.53. The van der Waals surface area contributed by atoms with Crippen LogP contribution in [-0.2, 0) is 10.5 Å². The van der Waals surface area contributed by atoms with Crippen molar-refractivity contribution in [1.82, 2.24) is 4.90 Å². The number of carbonyl (C=O) groups excluding carboxylic acids is 1. The smallest absolute Gasteiger partial charge is 0.231 e. The second-order valence-electron chi connectivity index (χ2n) is 8.37. The van der Waals surface area contributed by atoms with Crippen molar-refractivity contribution in [3.63, 3.8) is 0 Å². The normalized spacial score (nSPS) is 21.5. The van der Waals surface area contributed by atoms with Gasteiger partial charge in [0.15, 0.2) is 17.2 Å². The van der Waals surface area contributed by atoms with Gasteiger partial charge in [-0.05, 0) is 50.1 Å². The zero-order valence-electron chi connectivity index (χ0n) is 20.2. The molecule has 4 rings (SSSR count). The Morgan fingerprint density at radius 1 is 1.09 bits per heavy atom. The molecular formula is C27H30N2O5S. The van der Waals surface area contributed by atoms with Crippen LogP contribution in [0.4, 0.5) is 0 Å². The molecule has 0 aromatic heterocycles. The monoisotopic (exact) mass is 494 g/mol. The van der Waals surface area contributed by atoms with Crippen LogP contribution in [0.3, 0.4) is 0 Å². The molecule has 2 aromatic rings. The van der Waals surface area contributed by atoms with E-state index in [2.05, 4.69) is 6.07 Å². The highest BCUT2D eigenvalue weighted by Crippen LogP contribution is 2.52. The van der Waals surface area contributed by atoms with Gasteiger partial charge in [-0.3, -0.25) is 9.69 Å². The number of hydrogen-bond donors (Lipinski definition) is 1. The van der Waals surface area contributed by atoms with Crippen LogP contribution in [0.25, 0.3) is 0 Å². The fourth-order valence-corrected chi connectivity index (χ4v) is 5.81. The third kappa shape index (κ3) is 4.71. The maximum Gasteiger partial charge on any atom is 0.231 e. The number of rotatable bonds is 9. The number of benzene rings is 2. The number of aliphatic hydroxyl groups is 1. The number of hydrogen-bond acceptors (Lipinski definition) is 7. The van der Waals surface area contributed by atoms with E-state index < -0.39 is 11.6 Å². The van der Waals surface area contributed by atoms with Crippen molar-refractivity contribution >= 4 is 17.7 Å². The lowest BCUT2D eigenvalue weighted by atomic mass is 9.85. The molecule has 2 aliphatic heterocycles. The summed E-state index contributed by atoms with van der Waals surface area (Å²) in [5, 5.41) is 22.2. The summed E-state index contributed by atoms with van der Waals surface area (Å²) in [5.41, 5.74) is 0.347. The average Bonchev–Trinajstić information content (AvgIpc) is 3.23. The van der Waals surface area contributed by atoms with Crippen LogP contribution in [0.1, 0.15) is 50.7 Å². The summed E-state index contributed by atoms with van der Waals surface area (Å²) in [6.45, 7) is 7.43. The number of nitriles is 1. The van der Waals surface area contributed by atoms with Crippen molar-refractivity contribution in [2.45, 2.75) is 45.3 Å². The molecule has 2 heterocycles. The van der Waals surface area contributed by atoms with E-state index in [1.165, 1.54) is 16.7 Å². The zero-order chi connectivity index (χ0) is 25.0. The van der Waals surface area contributed by atoms with Crippen LogP contribution in [0.2, 0.25) is 0 Å². The first-order chi connectivity index (χ1) is 17.0. The van der Waals surface area contributed by atoms with Gasteiger partial charge < -0.3 is 19.3 Å². The number of nitrogens with zero attached hydrogens (tertiary/aromatic N) is 2. The van der Waals surface area contributed by atoms with Gasteiger partial charge in [0.05, 0.1) is 42.2 Å². The highest BCUT2D eigenvalue weighted by molar-refractivity contribution is 8.03. The van der Waals surface area contributed by atoms with Gasteiger partial charge in [-0.15, -0.1) is 11.8 Å². The summed E-state index contributed by atoms with van der Waals surface area (Å²) in [4.78, 5) is 14.8. The van der Waals surface area contributed by atoms with E-state index in [0.29, 0.717) is 53.2 Å². The Bertz CT molecular complexity index is 1160. The van der Waals surface area contributed by atoms with Gasteiger partial charge in [-0.25, -0.2) is 0 Å². The number of thioether (sulfide) groups is 1. The van der Waals surface area contributed by atoms with Crippen molar-refractivity contribution < 1.29 is 24.1 Å². The lowest BCUT2D eigenvalue weighted by molar-refractivity contribution is -0.149. The predicted molar refractivity (Wildman–Crippen MR) is 134 cm³/mol. The van der Waals surface area contributed by atoms with E-state index in [0.717, 1.165) is 12.0 Å². The topological polar surface area (TPSA) is 92.0 Å². The van der Waals surface area contributed by atoms with E-state index in [1.54, 1.807) is 24.3 Å². The summed E-state index contributed by atoms with van der Waals surface area (Å²) < 4.78 is 17.1. The van der Waals surface area contributed by atoms with Gasteiger partial charge in [0, 0.05) is 17.9 Å². The molecule has 0 aliphatic carbocycles. The first-order valence-corrected chi connectivity index (χ1v) is 12.9. The van der Waals surface area contributed by atoms with Crippen molar-refractivity contribution in [2.24, 2.45) is 0 Å². The van der Waals surface area contributed by atoms with Gasteiger partial charge in [0.1, 0.15) is 5.75 Å². The Morgan fingerprint density at radius 2 is 1.83 bits per heavy atom. The minimum atomic E-state index is -1.52. The molecule has 0 radical (unpaired) electrons. The van der Waals surface area contributed by atoms with Crippen LogP contribution in [0.5, 0.6) is 17.2 Å². The van der Waals surface area contributed by atoms with Crippen LogP contribution in [0.15, 0.2) is 53.1 Å². The van der Waals surface area contributed by atoms with Crippen molar-refractivity contribution in [1.29, 1.82) is 5.26 Å².